The van der Waals surface area contributed by atoms with E-state index in [4.69, 9.17) is 11.6 Å². The largest absolute Gasteiger partial charge is 0.383 e. The second-order valence-corrected chi connectivity index (χ2v) is 7.15. The average Bonchev–Trinajstić information content (AvgIpc) is 2.78. The summed E-state index contributed by atoms with van der Waals surface area (Å²) in [6.45, 7) is 8.62. The Morgan fingerprint density at radius 3 is 2.30 bits per heavy atom. The Balaban J connectivity index is 2.28. The van der Waals surface area contributed by atoms with Gasteiger partial charge in [0.2, 0.25) is 0 Å². The third-order valence-electron chi connectivity index (χ3n) is 4.07. The average molecular weight is 309 g/mol. The van der Waals surface area contributed by atoms with E-state index in [1.807, 2.05) is 24.4 Å². The minimum absolute atomic E-state index is 0.167. The van der Waals surface area contributed by atoms with Crippen LogP contribution in [0.15, 0.2) is 29.6 Å². The molecule has 0 spiro atoms. The van der Waals surface area contributed by atoms with Crippen molar-refractivity contribution >= 4 is 22.9 Å². The highest BCUT2D eigenvalue weighted by atomic mass is 35.5. The summed E-state index contributed by atoms with van der Waals surface area (Å²) in [6, 6.07) is 8.22. The summed E-state index contributed by atoms with van der Waals surface area (Å²) in [5, 5.41) is 13.1. The van der Waals surface area contributed by atoms with Crippen LogP contribution in [0.2, 0.25) is 5.02 Å². The lowest BCUT2D eigenvalue weighted by Gasteiger charge is -2.23. The van der Waals surface area contributed by atoms with Gasteiger partial charge in [0, 0.05) is 0 Å². The summed E-state index contributed by atoms with van der Waals surface area (Å²) >= 11 is 7.74. The molecule has 108 valence electrons. The van der Waals surface area contributed by atoms with Gasteiger partial charge in [-0.1, -0.05) is 56.6 Å². The first-order valence-electron chi connectivity index (χ1n) is 6.89. The number of halogens is 1. The van der Waals surface area contributed by atoms with Crippen LogP contribution in [-0.2, 0) is 5.41 Å². The summed E-state index contributed by atoms with van der Waals surface area (Å²) < 4.78 is 0. The van der Waals surface area contributed by atoms with Crippen LogP contribution in [0.25, 0.3) is 0 Å². The van der Waals surface area contributed by atoms with Crippen molar-refractivity contribution in [2.24, 2.45) is 0 Å². The summed E-state index contributed by atoms with van der Waals surface area (Å²) in [7, 11) is 0. The Hall–Kier alpha value is -0.830. The maximum atomic E-state index is 10.5. The summed E-state index contributed by atoms with van der Waals surface area (Å²) in [4.78, 5) is 0.826. The van der Waals surface area contributed by atoms with Crippen LogP contribution in [0.1, 0.15) is 54.9 Å². The molecule has 1 aromatic heterocycles. The molecule has 1 N–H and O–H groups in total. The molecule has 0 amide bonds. The van der Waals surface area contributed by atoms with E-state index < -0.39 is 6.10 Å². The van der Waals surface area contributed by atoms with Gasteiger partial charge in [0.05, 0.1) is 9.90 Å². The highest BCUT2D eigenvalue weighted by molar-refractivity contribution is 7.10. The highest BCUT2D eigenvalue weighted by Gasteiger charge is 2.20. The van der Waals surface area contributed by atoms with Crippen LogP contribution in [0.3, 0.4) is 0 Å². The zero-order chi connectivity index (χ0) is 14.9. The monoisotopic (exact) mass is 308 g/mol. The smallest absolute Gasteiger partial charge is 0.115 e. The topological polar surface area (TPSA) is 20.2 Å². The van der Waals surface area contributed by atoms with E-state index in [0.29, 0.717) is 5.02 Å². The number of rotatable bonds is 4. The summed E-state index contributed by atoms with van der Waals surface area (Å²) in [5.41, 5.74) is 3.38. The number of aliphatic hydroxyl groups is 1. The summed E-state index contributed by atoms with van der Waals surface area (Å²) in [6.07, 6.45) is 0.449. The molecule has 2 aromatic rings. The fourth-order valence-corrected chi connectivity index (χ4v) is 3.41. The molecule has 2 rings (SSSR count). The third-order valence-corrected chi connectivity index (χ3v) is 5.83. The molecule has 1 unspecified atom stereocenters. The minimum atomic E-state index is -0.639. The molecule has 1 heterocycles. The first-order chi connectivity index (χ1) is 9.36. The molecule has 1 atom stereocenters. The van der Waals surface area contributed by atoms with Crippen LogP contribution < -0.4 is 0 Å². The Bertz CT molecular complexity index is 584. The van der Waals surface area contributed by atoms with Crippen molar-refractivity contribution < 1.29 is 5.11 Å². The predicted octanol–water partition coefficient (Wildman–Crippen LogP) is 5.48. The molecule has 0 radical (unpaired) electrons. The molecule has 0 fully saturated rings. The second kappa shape index (κ2) is 5.88. The highest BCUT2D eigenvalue weighted by Crippen LogP contribution is 2.36. The summed E-state index contributed by atoms with van der Waals surface area (Å²) in [5.74, 6) is 0. The Morgan fingerprint density at radius 1 is 1.25 bits per heavy atom. The number of thiophene rings is 1. The molecule has 1 aromatic carbocycles. The molecule has 0 bridgehead atoms. The van der Waals surface area contributed by atoms with Crippen LogP contribution in [0.4, 0.5) is 0 Å². The van der Waals surface area contributed by atoms with E-state index in [9.17, 15) is 5.11 Å². The van der Waals surface area contributed by atoms with Gasteiger partial charge in [-0.3, -0.25) is 0 Å². The number of aryl methyl sites for hydroxylation is 1. The maximum absolute atomic E-state index is 10.5. The lowest BCUT2D eigenvalue weighted by molar-refractivity contribution is 0.224. The van der Waals surface area contributed by atoms with E-state index in [-0.39, 0.29) is 5.41 Å². The number of aliphatic hydroxyl groups excluding tert-OH is 1. The first kappa shape index (κ1) is 15.6. The van der Waals surface area contributed by atoms with Gasteiger partial charge in [-0.25, -0.2) is 0 Å². The van der Waals surface area contributed by atoms with Crippen molar-refractivity contribution in [1.29, 1.82) is 0 Å². The van der Waals surface area contributed by atoms with Crippen LogP contribution in [0.5, 0.6) is 0 Å². The molecule has 0 aliphatic carbocycles. The van der Waals surface area contributed by atoms with Crippen LogP contribution >= 0.6 is 22.9 Å². The molecule has 0 saturated carbocycles. The zero-order valence-corrected chi connectivity index (χ0v) is 14.0. The lowest BCUT2D eigenvalue weighted by Crippen LogP contribution is -2.15. The number of hydrogen-bond acceptors (Lipinski definition) is 2. The van der Waals surface area contributed by atoms with Gasteiger partial charge in [0.1, 0.15) is 6.10 Å². The first-order valence-corrected chi connectivity index (χ1v) is 8.14. The van der Waals surface area contributed by atoms with Crippen molar-refractivity contribution in [3.63, 3.8) is 0 Å². The Labute approximate surface area is 130 Å². The SMILES string of the molecule is CCC(C)(C)c1ccc(C(O)c2scc(C)c2Cl)cc1. The number of hydrogen-bond donors (Lipinski definition) is 1. The van der Waals surface area contributed by atoms with E-state index >= 15 is 0 Å². The van der Waals surface area contributed by atoms with Crippen molar-refractivity contribution in [3.05, 3.63) is 56.2 Å². The van der Waals surface area contributed by atoms with Gasteiger partial charge in [0.25, 0.3) is 0 Å². The maximum Gasteiger partial charge on any atom is 0.115 e. The van der Waals surface area contributed by atoms with Gasteiger partial charge in [-0.15, -0.1) is 11.3 Å². The molecule has 0 aliphatic rings. The Morgan fingerprint density at radius 2 is 1.85 bits per heavy atom. The van der Waals surface area contributed by atoms with E-state index in [1.54, 1.807) is 0 Å². The fourth-order valence-electron chi connectivity index (χ4n) is 2.11. The van der Waals surface area contributed by atoms with Crippen molar-refractivity contribution in [2.45, 2.75) is 45.6 Å². The molecular weight excluding hydrogens is 288 g/mol. The molecule has 20 heavy (non-hydrogen) atoms. The molecule has 0 saturated heterocycles. The van der Waals surface area contributed by atoms with E-state index in [2.05, 4.69) is 32.9 Å². The van der Waals surface area contributed by atoms with Gasteiger partial charge < -0.3 is 5.11 Å². The quantitative estimate of drug-likeness (QED) is 0.793. The van der Waals surface area contributed by atoms with Crippen molar-refractivity contribution in [2.75, 3.05) is 0 Å². The van der Waals surface area contributed by atoms with E-state index in [0.717, 1.165) is 22.4 Å². The molecule has 3 heteroatoms. The standard InChI is InChI=1S/C17H21ClOS/c1-5-17(3,4)13-8-6-12(7-9-13)15(19)16-14(18)11(2)10-20-16/h6-10,15,19H,5H2,1-4H3. The van der Waals surface area contributed by atoms with Gasteiger partial charge in [-0.2, -0.15) is 0 Å². The van der Waals surface area contributed by atoms with Crippen molar-refractivity contribution in [3.8, 4) is 0 Å². The normalized spacial score (nSPS) is 13.5. The minimum Gasteiger partial charge on any atom is -0.383 e. The molecular formula is C17H21ClOS. The molecule has 1 nitrogen and oxygen atoms in total. The van der Waals surface area contributed by atoms with Gasteiger partial charge in [-0.05, 0) is 40.8 Å². The lowest BCUT2D eigenvalue weighted by atomic mass is 9.82. The van der Waals surface area contributed by atoms with Gasteiger partial charge >= 0.3 is 0 Å². The fraction of sp³-hybridized carbons (Fsp3) is 0.412. The third kappa shape index (κ3) is 2.93. The van der Waals surface area contributed by atoms with Gasteiger partial charge in [0.15, 0.2) is 0 Å². The van der Waals surface area contributed by atoms with Crippen LogP contribution in [0, 0.1) is 6.92 Å². The Kier molecular flexibility index (Phi) is 4.58. The number of benzene rings is 1. The molecule has 0 aliphatic heterocycles. The zero-order valence-electron chi connectivity index (χ0n) is 12.4. The predicted molar refractivity (Wildman–Crippen MR) is 87.9 cm³/mol. The van der Waals surface area contributed by atoms with E-state index in [1.165, 1.54) is 16.9 Å². The second-order valence-electron chi connectivity index (χ2n) is 5.86. The van der Waals surface area contributed by atoms with Crippen LogP contribution in [-0.4, -0.2) is 5.11 Å². The van der Waals surface area contributed by atoms with Crippen molar-refractivity contribution in [1.82, 2.24) is 0 Å².